The third-order valence-electron chi connectivity index (χ3n) is 4.05. The van der Waals surface area contributed by atoms with Crippen molar-refractivity contribution < 1.29 is 9.53 Å². The van der Waals surface area contributed by atoms with Crippen molar-refractivity contribution in [3.05, 3.63) is 0 Å². The Morgan fingerprint density at radius 3 is 2.61 bits per heavy atom. The summed E-state index contributed by atoms with van der Waals surface area (Å²) >= 11 is 0. The van der Waals surface area contributed by atoms with E-state index in [0.29, 0.717) is 12.5 Å². The van der Waals surface area contributed by atoms with Crippen molar-refractivity contribution in [2.24, 2.45) is 11.7 Å². The van der Waals surface area contributed by atoms with Gasteiger partial charge in [-0.3, -0.25) is 4.79 Å². The maximum Gasteiger partial charge on any atom is 0.246 e. The third-order valence-corrected chi connectivity index (χ3v) is 4.05. The largest absolute Gasteiger partial charge is 0.364 e. The van der Waals surface area contributed by atoms with Crippen molar-refractivity contribution in [3.63, 3.8) is 0 Å². The first kappa shape index (κ1) is 15.4. The minimum atomic E-state index is -0.259. The van der Waals surface area contributed by atoms with Crippen LogP contribution in [0.2, 0.25) is 0 Å². The molecule has 106 valence electrons. The SMILES string of the molecule is CCC(CC)NC(=O)COC1(CN)CCC(C)C1. The molecule has 18 heavy (non-hydrogen) atoms. The monoisotopic (exact) mass is 256 g/mol. The number of carbonyl (C=O) groups is 1. The van der Waals surface area contributed by atoms with Crippen molar-refractivity contribution >= 4 is 5.91 Å². The third kappa shape index (κ3) is 4.25. The lowest BCUT2D eigenvalue weighted by Crippen LogP contribution is -2.43. The second kappa shape index (κ2) is 7.10. The zero-order valence-corrected chi connectivity index (χ0v) is 12.0. The molecule has 3 N–H and O–H groups in total. The number of nitrogens with two attached hydrogens (primary N) is 1. The van der Waals surface area contributed by atoms with E-state index in [1.807, 2.05) is 0 Å². The standard InChI is InChI=1S/C14H28N2O2/c1-4-12(5-2)16-13(17)9-18-14(10-15)7-6-11(3)8-14/h11-12H,4-10,15H2,1-3H3,(H,16,17). The molecule has 0 aliphatic heterocycles. The van der Waals surface area contributed by atoms with E-state index in [-0.39, 0.29) is 24.2 Å². The Labute approximate surface area is 111 Å². The van der Waals surface area contributed by atoms with Crippen LogP contribution in [0.4, 0.5) is 0 Å². The van der Waals surface area contributed by atoms with Crippen LogP contribution in [0.15, 0.2) is 0 Å². The van der Waals surface area contributed by atoms with Gasteiger partial charge in [0.1, 0.15) is 6.61 Å². The summed E-state index contributed by atoms with van der Waals surface area (Å²) in [5.74, 6) is 0.631. The highest BCUT2D eigenvalue weighted by atomic mass is 16.5. The number of hydrogen-bond donors (Lipinski definition) is 2. The van der Waals surface area contributed by atoms with E-state index >= 15 is 0 Å². The fourth-order valence-electron chi connectivity index (χ4n) is 2.70. The van der Waals surface area contributed by atoms with E-state index in [9.17, 15) is 4.79 Å². The minimum absolute atomic E-state index is 0.0175. The van der Waals surface area contributed by atoms with Crippen molar-refractivity contribution in [3.8, 4) is 0 Å². The smallest absolute Gasteiger partial charge is 0.246 e. The molecular weight excluding hydrogens is 228 g/mol. The molecule has 1 amide bonds. The Morgan fingerprint density at radius 2 is 2.17 bits per heavy atom. The summed E-state index contributed by atoms with van der Waals surface area (Å²) in [4.78, 5) is 11.8. The number of amides is 1. The lowest BCUT2D eigenvalue weighted by Gasteiger charge is -2.28. The molecule has 2 atom stereocenters. The van der Waals surface area contributed by atoms with E-state index in [0.717, 1.165) is 32.1 Å². The first-order valence-corrected chi connectivity index (χ1v) is 7.18. The predicted molar refractivity (Wildman–Crippen MR) is 73.3 cm³/mol. The molecule has 2 unspecified atom stereocenters. The number of rotatable bonds is 7. The van der Waals surface area contributed by atoms with Crippen LogP contribution in [0.5, 0.6) is 0 Å². The van der Waals surface area contributed by atoms with Crippen LogP contribution in [-0.4, -0.2) is 30.7 Å². The van der Waals surface area contributed by atoms with E-state index in [2.05, 4.69) is 26.1 Å². The maximum atomic E-state index is 11.8. The number of ether oxygens (including phenoxy) is 1. The zero-order valence-electron chi connectivity index (χ0n) is 12.0. The van der Waals surface area contributed by atoms with Crippen molar-refractivity contribution in [1.82, 2.24) is 5.32 Å². The van der Waals surface area contributed by atoms with Crippen LogP contribution in [0, 0.1) is 5.92 Å². The van der Waals surface area contributed by atoms with Crippen molar-refractivity contribution in [1.29, 1.82) is 0 Å². The topological polar surface area (TPSA) is 64.3 Å². The summed E-state index contributed by atoms with van der Waals surface area (Å²) in [6.45, 7) is 7.02. The maximum absolute atomic E-state index is 11.8. The van der Waals surface area contributed by atoms with E-state index in [1.54, 1.807) is 0 Å². The highest BCUT2D eigenvalue weighted by Crippen LogP contribution is 2.36. The fourth-order valence-corrected chi connectivity index (χ4v) is 2.70. The van der Waals surface area contributed by atoms with Crippen molar-refractivity contribution in [2.45, 2.75) is 64.5 Å². The molecule has 0 aromatic rings. The van der Waals surface area contributed by atoms with Gasteiger partial charge in [-0.25, -0.2) is 0 Å². The molecule has 1 saturated carbocycles. The summed E-state index contributed by atoms with van der Waals surface area (Å²) < 4.78 is 5.82. The average molecular weight is 256 g/mol. The van der Waals surface area contributed by atoms with Gasteiger partial charge in [-0.2, -0.15) is 0 Å². The average Bonchev–Trinajstić information content (AvgIpc) is 2.76. The Balaban J connectivity index is 2.37. The number of carbonyl (C=O) groups excluding carboxylic acids is 1. The molecule has 0 aromatic carbocycles. The van der Waals surface area contributed by atoms with Gasteiger partial charge in [-0.15, -0.1) is 0 Å². The Kier molecular flexibility index (Phi) is 6.09. The zero-order chi connectivity index (χ0) is 13.6. The highest BCUT2D eigenvalue weighted by Gasteiger charge is 2.37. The van der Waals surface area contributed by atoms with Crippen LogP contribution in [-0.2, 0) is 9.53 Å². The second-order valence-corrected chi connectivity index (χ2v) is 5.60. The van der Waals surface area contributed by atoms with Gasteiger partial charge in [0.15, 0.2) is 0 Å². The van der Waals surface area contributed by atoms with Crippen LogP contribution < -0.4 is 11.1 Å². The molecule has 1 rings (SSSR count). The lowest BCUT2D eigenvalue weighted by molar-refractivity contribution is -0.133. The highest BCUT2D eigenvalue weighted by molar-refractivity contribution is 5.77. The van der Waals surface area contributed by atoms with Crippen LogP contribution in [0.25, 0.3) is 0 Å². The van der Waals surface area contributed by atoms with E-state index in [4.69, 9.17) is 10.5 Å². The molecule has 0 heterocycles. The second-order valence-electron chi connectivity index (χ2n) is 5.60. The van der Waals surface area contributed by atoms with Gasteiger partial charge >= 0.3 is 0 Å². The van der Waals surface area contributed by atoms with Gasteiger partial charge in [-0.1, -0.05) is 20.8 Å². The van der Waals surface area contributed by atoms with E-state index < -0.39 is 0 Å². The van der Waals surface area contributed by atoms with Gasteiger partial charge in [0.25, 0.3) is 0 Å². The van der Waals surface area contributed by atoms with Crippen LogP contribution in [0.1, 0.15) is 52.9 Å². The number of nitrogens with one attached hydrogen (secondary N) is 1. The molecule has 0 saturated heterocycles. The molecule has 1 aliphatic carbocycles. The molecule has 1 aliphatic rings. The molecule has 0 aromatic heterocycles. The molecule has 0 bridgehead atoms. The van der Waals surface area contributed by atoms with Crippen LogP contribution in [0.3, 0.4) is 0 Å². The Morgan fingerprint density at radius 1 is 1.50 bits per heavy atom. The molecule has 4 heteroatoms. The van der Waals surface area contributed by atoms with E-state index in [1.165, 1.54) is 0 Å². The fraction of sp³-hybridized carbons (Fsp3) is 0.929. The first-order valence-electron chi connectivity index (χ1n) is 7.18. The summed E-state index contributed by atoms with van der Waals surface area (Å²) in [6.07, 6.45) is 5.01. The summed E-state index contributed by atoms with van der Waals surface area (Å²) in [6, 6.07) is 0.262. The van der Waals surface area contributed by atoms with Crippen molar-refractivity contribution in [2.75, 3.05) is 13.2 Å². The summed E-state index contributed by atoms with van der Waals surface area (Å²) in [5.41, 5.74) is 5.55. The normalized spacial score (nSPS) is 27.7. The van der Waals surface area contributed by atoms with Gasteiger partial charge in [0.2, 0.25) is 5.91 Å². The van der Waals surface area contributed by atoms with Crippen LogP contribution >= 0.6 is 0 Å². The van der Waals surface area contributed by atoms with Gasteiger partial charge in [0, 0.05) is 12.6 Å². The minimum Gasteiger partial charge on any atom is -0.364 e. The molecule has 1 fully saturated rings. The summed E-state index contributed by atoms with van der Waals surface area (Å²) in [7, 11) is 0. The molecule has 0 spiro atoms. The van der Waals surface area contributed by atoms with Gasteiger partial charge in [0.05, 0.1) is 5.60 Å². The van der Waals surface area contributed by atoms with Gasteiger partial charge < -0.3 is 15.8 Å². The first-order chi connectivity index (χ1) is 8.55. The summed E-state index contributed by atoms with van der Waals surface area (Å²) in [5, 5.41) is 2.99. The van der Waals surface area contributed by atoms with Gasteiger partial charge in [-0.05, 0) is 38.0 Å². The quantitative estimate of drug-likeness (QED) is 0.730. The molecule has 4 nitrogen and oxygen atoms in total. The number of hydrogen-bond acceptors (Lipinski definition) is 3. The Bertz CT molecular complexity index is 267. The Hall–Kier alpha value is -0.610. The molecule has 0 radical (unpaired) electrons. The molecular formula is C14H28N2O2. The predicted octanol–water partition coefficient (Wildman–Crippen LogP) is 1.83. The lowest BCUT2D eigenvalue weighted by atomic mass is 10.0.